The third-order valence-electron chi connectivity index (χ3n) is 9.40. The zero-order valence-electron chi connectivity index (χ0n) is 27.0. The molecule has 0 amide bonds. The average molecular weight is 643 g/mol. The first-order valence-electron chi connectivity index (χ1n) is 16.2. The van der Waals surface area contributed by atoms with Crippen molar-refractivity contribution in [2.75, 3.05) is 0 Å². The fraction of sp³-hybridized carbons (Fsp3) is 0.405. The summed E-state index contributed by atoms with van der Waals surface area (Å²) in [6.45, 7) is 7.40. The number of carbonyl (C=O) groups is 1. The van der Waals surface area contributed by atoms with Crippen molar-refractivity contribution in [3.05, 3.63) is 100 Å². The summed E-state index contributed by atoms with van der Waals surface area (Å²) in [4.78, 5) is 18.9. The first-order valence-corrected chi connectivity index (χ1v) is 17.7. The Morgan fingerprint density at radius 2 is 1.70 bits per heavy atom. The van der Waals surface area contributed by atoms with E-state index in [9.17, 15) is 13.2 Å². The molecule has 242 valence electrons. The van der Waals surface area contributed by atoms with Crippen molar-refractivity contribution in [2.45, 2.75) is 95.6 Å². The van der Waals surface area contributed by atoms with Crippen LogP contribution in [0.5, 0.6) is 5.75 Å². The molecule has 3 aromatic carbocycles. The van der Waals surface area contributed by atoms with Crippen molar-refractivity contribution in [1.82, 2.24) is 4.72 Å². The number of aryl methyl sites for hydroxylation is 3. The molecule has 46 heavy (non-hydrogen) atoms. The number of hydrogen-bond acceptors (Lipinski definition) is 7. The summed E-state index contributed by atoms with van der Waals surface area (Å²) in [5.74, 6) is -0.386. The summed E-state index contributed by atoms with van der Waals surface area (Å²) < 4.78 is 41.9. The van der Waals surface area contributed by atoms with Crippen molar-refractivity contribution >= 4 is 27.0 Å². The molecule has 9 heteroatoms. The summed E-state index contributed by atoms with van der Waals surface area (Å²) in [6, 6.07) is 19.4. The Labute approximate surface area is 270 Å². The van der Waals surface area contributed by atoms with Gasteiger partial charge in [-0.1, -0.05) is 68.3 Å². The Morgan fingerprint density at radius 1 is 0.978 bits per heavy atom. The van der Waals surface area contributed by atoms with Gasteiger partial charge in [-0.25, -0.2) is 13.2 Å². The van der Waals surface area contributed by atoms with E-state index in [-0.39, 0.29) is 16.1 Å². The van der Waals surface area contributed by atoms with Crippen LogP contribution in [0.4, 0.5) is 0 Å². The number of rotatable bonds is 8. The third-order valence-corrected chi connectivity index (χ3v) is 10.9. The highest BCUT2D eigenvalue weighted by atomic mass is 32.2. The van der Waals surface area contributed by atoms with E-state index in [4.69, 9.17) is 14.0 Å². The molecule has 1 N–H and O–H groups in total. The molecule has 0 saturated heterocycles. The van der Waals surface area contributed by atoms with Gasteiger partial charge < -0.3 is 14.0 Å². The number of sulfonamides is 1. The molecule has 0 unspecified atom stereocenters. The van der Waals surface area contributed by atoms with Gasteiger partial charge in [0, 0.05) is 23.4 Å². The number of benzene rings is 3. The molecule has 0 bridgehead atoms. The van der Waals surface area contributed by atoms with Gasteiger partial charge in [0.1, 0.15) is 23.0 Å². The van der Waals surface area contributed by atoms with E-state index in [1.165, 1.54) is 37.0 Å². The normalized spacial score (nSPS) is 17.1. The van der Waals surface area contributed by atoms with E-state index in [0.717, 1.165) is 59.1 Å². The smallest absolute Gasteiger partial charge is 0.353 e. The standard InChI is InChI=1S/C37H42N2O6S/c1-24(2)34(39-46(41,42)29-15-13-25(3)14-16-29)36(40)45-38-35-31(21-27-11-7-5-8-12-27)26(4)30-22-28-17-20-37(18-9-6-10-19-37)44-32(28)23-33(30)43-35/h5,7-8,11-16,22-24,34,39H,6,9-10,17-21H2,1-4H3/b38-35-/t34-/m1/s1. The fourth-order valence-electron chi connectivity index (χ4n) is 6.59. The van der Waals surface area contributed by atoms with Crippen molar-refractivity contribution in [3.8, 4) is 5.75 Å². The molecule has 0 radical (unpaired) electrons. The third kappa shape index (κ3) is 6.76. The van der Waals surface area contributed by atoms with E-state index < -0.39 is 28.0 Å². The summed E-state index contributed by atoms with van der Waals surface area (Å²) >= 11 is 0. The molecule has 8 nitrogen and oxygen atoms in total. The molecule has 2 aliphatic rings. The van der Waals surface area contributed by atoms with Gasteiger partial charge in [-0.3, -0.25) is 0 Å². The van der Waals surface area contributed by atoms with Gasteiger partial charge in [-0.2, -0.15) is 4.72 Å². The molecule has 1 saturated carbocycles. The van der Waals surface area contributed by atoms with Gasteiger partial charge >= 0.3 is 5.97 Å². The lowest BCUT2D eigenvalue weighted by Gasteiger charge is -2.41. The van der Waals surface area contributed by atoms with Gasteiger partial charge in [0.15, 0.2) is 0 Å². The van der Waals surface area contributed by atoms with E-state index in [1.807, 2.05) is 50.2 Å². The number of nitrogens with zero attached hydrogens (tertiary/aromatic N) is 1. The minimum absolute atomic E-state index is 0.0688. The molecule has 1 aliphatic heterocycles. The van der Waals surface area contributed by atoms with E-state index >= 15 is 0 Å². The van der Waals surface area contributed by atoms with Crippen LogP contribution in [0, 0.1) is 19.8 Å². The molecule has 1 aliphatic carbocycles. The van der Waals surface area contributed by atoms with Gasteiger partial charge in [-0.05, 0) is 98.3 Å². The summed E-state index contributed by atoms with van der Waals surface area (Å²) in [7, 11) is -3.98. The first kappa shape index (κ1) is 32.0. The van der Waals surface area contributed by atoms with Crippen molar-refractivity contribution in [2.24, 2.45) is 11.1 Å². The van der Waals surface area contributed by atoms with Crippen LogP contribution in [-0.2, 0) is 32.5 Å². The molecule has 4 aromatic rings. The second-order valence-electron chi connectivity index (χ2n) is 13.1. The highest BCUT2D eigenvalue weighted by molar-refractivity contribution is 7.89. The molecule has 2 heterocycles. The minimum atomic E-state index is -3.98. The van der Waals surface area contributed by atoms with Crippen molar-refractivity contribution in [1.29, 1.82) is 0 Å². The maximum Gasteiger partial charge on any atom is 0.353 e. The zero-order chi connectivity index (χ0) is 32.5. The predicted molar refractivity (Wildman–Crippen MR) is 177 cm³/mol. The second-order valence-corrected chi connectivity index (χ2v) is 14.8. The van der Waals surface area contributed by atoms with Gasteiger partial charge in [0.05, 0.1) is 4.90 Å². The lowest BCUT2D eigenvalue weighted by Crippen LogP contribution is -2.45. The minimum Gasteiger partial charge on any atom is -0.487 e. The highest BCUT2D eigenvalue weighted by Gasteiger charge is 2.38. The first-order chi connectivity index (χ1) is 22.0. The number of nitrogens with one attached hydrogen (secondary N) is 1. The molecule has 6 rings (SSSR count). The maximum atomic E-state index is 13.4. The lowest BCUT2D eigenvalue weighted by molar-refractivity contribution is -0.147. The maximum absolute atomic E-state index is 13.4. The Bertz CT molecular complexity index is 1910. The van der Waals surface area contributed by atoms with E-state index in [0.29, 0.717) is 12.0 Å². The number of fused-ring (bicyclic) bond motifs is 2. The summed E-state index contributed by atoms with van der Waals surface area (Å²) in [6.07, 6.45) is 8.24. The molecular weight excluding hydrogens is 600 g/mol. The van der Waals surface area contributed by atoms with Gasteiger partial charge in [0.25, 0.3) is 5.55 Å². The second kappa shape index (κ2) is 13.0. The van der Waals surface area contributed by atoms with Crippen LogP contribution in [0.25, 0.3) is 11.0 Å². The van der Waals surface area contributed by atoms with Crippen LogP contribution in [0.2, 0.25) is 0 Å². The number of ether oxygens (including phenoxy) is 1. The van der Waals surface area contributed by atoms with Crippen LogP contribution in [0.1, 0.15) is 80.2 Å². The van der Waals surface area contributed by atoms with Crippen molar-refractivity contribution in [3.63, 3.8) is 0 Å². The molecule has 1 fully saturated rings. The molecule has 1 spiro atoms. The Hall–Kier alpha value is -3.95. The molecule has 1 aromatic heterocycles. The number of carbonyl (C=O) groups excluding carboxylic acids is 1. The average Bonchev–Trinajstić information content (AvgIpc) is 3.04. The molecule has 1 atom stereocenters. The SMILES string of the molecule is Cc1ccc(S(=O)(=O)N[C@@H](C(=O)O/N=c2\oc3cc4c(cc3c(C)c2Cc2ccccc2)CCC2(CCCCC2)O4)C(C)C)cc1. The quantitative estimate of drug-likeness (QED) is 0.163. The summed E-state index contributed by atoms with van der Waals surface area (Å²) in [5, 5.41) is 5.20. The van der Waals surface area contributed by atoms with Crippen LogP contribution in [0.3, 0.4) is 0 Å². The van der Waals surface area contributed by atoms with Crippen LogP contribution >= 0.6 is 0 Å². The van der Waals surface area contributed by atoms with Crippen LogP contribution in [0.15, 0.2) is 81.2 Å². The van der Waals surface area contributed by atoms with Gasteiger partial charge in [0.2, 0.25) is 10.0 Å². The van der Waals surface area contributed by atoms with E-state index in [1.54, 1.807) is 26.0 Å². The fourth-order valence-corrected chi connectivity index (χ4v) is 7.92. The summed E-state index contributed by atoms with van der Waals surface area (Å²) in [5.41, 5.74) is 5.55. The lowest BCUT2D eigenvalue weighted by atomic mass is 9.79. The predicted octanol–water partition coefficient (Wildman–Crippen LogP) is 7.03. The Balaban J connectivity index is 1.36. The van der Waals surface area contributed by atoms with E-state index in [2.05, 4.69) is 15.9 Å². The van der Waals surface area contributed by atoms with Gasteiger partial charge in [-0.15, -0.1) is 0 Å². The largest absolute Gasteiger partial charge is 0.487 e. The zero-order valence-corrected chi connectivity index (χ0v) is 27.8. The van der Waals surface area contributed by atoms with Crippen LogP contribution < -0.4 is 15.0 Å². The monoisotopic (exact) mass is 642 g/mol. The molecular formula is C37H42N2O6S. The Kier molecular flexibility index (Phi) is 9.08. The van der Waals surface area contributed by atoms with Crippen LogP contribution in [-0.4, -0.2) is 26.0 Å². The topological polar surface area (TPSA) is 107 Å². The Morgan fingerprint density at radius 3 is 2.39 bits per heavy atom. The highest BCUT2D eigenvalue weighted by Crippen LogP contribution is 2.43. The number of hydrogen-bond donors (Lipinski definition) is 1. The van der Waals surface area contributed by atoms with Crippen molar-refractivity contribution < 1.29 is 27.2 Å².